The van der Waals surface area contributed by atoms with Crippen molar-refractivity contribution in [2.24, 2.45) is 5.92 Å². The molecule has 2 radical (unpaired) electrons. The minimum Gasteiger partial charge on any atom is -0.427 e. The maximum Gasteiger partial charge on any atom is 0.415 e. The second-order valence-corrected chi connectivity index (χ2v) is 4.91. The molecule has 1 atom stereocenters. The van der Waals surface area contributed by atoms with Crippen LogP contribution >= 0.6 is 0 Å². The van der Waals surface area contributed by atoms with Crippen LogP contribution in [0.5, 0.6) is 0 Å². The van der Waals surface area contributed by atoms with E-state index >= 15 is 0 Å². The van der Waals surface area contributed by atoms with E-state index < -0.39 is 11.7 Å². The molecule has 5 heteroatoms. The summed E-state index contributed by atoms with van der Waals surface area (Å²) in [5.74, 6) is -0.193. The highest BCUT2D eigenvalue weighted by molar-refractivity contribution is 6.06. The molecule has 1 aliphatic heterocycles. The third kappa shape index (κ3) is 4.16. The number of alkyl halides is 3. The monoisotopic (exact) mass is 293 g/mol. The zero-order valence-electron chi connectivity index (χ0n) is 12.5. The Morgan fingerprint density at radius 3 is 2.43 bits per heavy atom. The number of hydrogen-bond acceptors (Lipinski definition) is 1. The van der Waals surface area contributed by atoms with Crippen LogP contribution in [-0.4, -0.2) is 25.5 Å². The Labute approximate surface area is 125 Å². The van der Waals surface area contributed by atoms with Gasteiger partial charge in [-0.05, 0) is 38.0 Å². The van der Waals surface area contributed by atoms with Crippen LogP contribution in [0, 0.1) is 5.92 Å². The molecule has 0 bridgehead atoms. The smallest absolute Gasteiger partial charge is 0.415 e. The lowest BCUT2D eigenvalue weighted by molar-refractivity contribution is -0.0878. The van der Waals surface area contributed by atoms with Crippen LogP contribution in [0.2, 0.25) is 0 Å². The van der Waals surface area contributed by atoms with Crippen molar-refractivity contribution in [3.8, 4) is 0 Å². The van der Waals surface area contributed by atoms with E-state index in [1.807, 2.05) is 26.0 Å². The zero-order chi connectivity index (χ0) is 16.2. The zero-order valence-corrected chi connectivity index (χ0v) is 12.5. The molecule has 112 valence electrons. The summed E-state index contributed by atoms with van der Waals surface area (Å²) in [5, 5.41) is 0. The van der Waals surface area contributed by atoms with E-state index in [-0.39, 0.29) is 5.92 Å². The highest BCUT2D eigenvalue weighted by atomic mass is 19.4. The van der Waals surface area contributed by atoms with E-state index in [4.69, 9.17) is 7.98 Å². The predicted octanol–water partition coefficient (Wildman–Crippen LogP) is 4.47. The van der Waals surface area contributed by atoms with Crippen LogP contribution < -0.4 is 0 Å². The molecule has 1 rings (SSSR count). The standard InChI is InChI=1S/C16H19BF3N/c1-5-7-13(9-11(3)16(18,19)20)15-10-21(17)12(4)14(15)8-6-2/h5-9,15H,3,10H2,1-2,4H3/b7-5-,8-6-,13-9+. The predicted molar refractivity (Wildman–Crippen MR) is 81.6 cm³/mol. The normalized spacial score (nSPS) is 21.1. The van der Waals surface area contributed by atoms with Crippen LogP contribution in [0.4, 0.5) is 13.2 Å². The van der Waals surface area contributed by atoms with Crippen LogP contribution in [0.3, 0.4) is 0 Å². The first-order valence-electron chi connectivity index (χ1n) is 6.68. The molecule has 0 aromatic rings. The fourth-order valence-corrected chi connectivity index (χ4v) is 2.29. The Balaban J connectivity index is 3.24. The number of nitrogens with zero attached hydrogens (tertiary/aromatic N) is 1. The van der Waals surface area contributed by atoms with Crippen LogP contribution in [0.15, 0.2) is 59.4 Å². The van der Waals surface area contributed by atoms with Gasteiger partial charge in [-0.25, -0.2) is 0 Å². The Bertz CT molecular complexity index is 524. The topological polar surface area (TPSA) is 3.24 Å². The third-order valence-electron chi connectivity index (χ3n) is 3.42. The quantitative estimate of drug-likeness (QED) is 0.546. The summed E-state index contributed by atoms with van der Waals surface area (Å²) in [6.45, 7) is 9.06. The van der Waals surface area contributed by atoms with Gasteiger partial charge in [-0.15, -0.1) is 0 Å². The Morgan fingerprint density at radius 2 is 1.95 bits per heavy atom. The molecule has 1 aliphatic rings. The molecule has 21 heavy (non-hydrogen) atoms. The molecule has 0 amide bonds. The lowest BCUT2D eigenvalue weighted by Crippen LogP contribution is -2.18. The molecular formula is C16H19BF3N. The first kappa shape index (κ1) is 17.4. The maximum atomic E-state index is 12.7. The number of allylic oxidation sites excluding steroid dienone is 7. The van der Waals surface area contributed by atoms with Gasteiger partial charge < -0.3 is 4.81 Å². The second kappa shape index (κ2) is 6.88. The van der Waals surface area contributed by atoms with Crippen LogP contribution in [0.25, 0.3) is 0 Å². The summed E-state index contributed by atoms with van der Waals surface area (Å²) in [7, 11) is 5.89. The summed E-state index contributed by atoms with van der Waals surface area (Å²) in [6, 6.07) is 0. The molecule has 1 heterocycles. The van der Waals surface area contributed by atoms with Crippen molar-refractivity contribution in [3.05, 3.63) is 59.4 Å². The van der Waals surface area contributed by atoms with E-state index in [0.29, 0.717) is 12.1 Å². The van der Waals surface area contributed by atoms with E-state index in [2.05, 4.69) is 6.58 Å². The van der Waals surface area contributed by atoms with Crippen molar-refractivity contribution < 1.29 is 13.2 Å². The van der Waals surface area contributed by atoms with Crippen LogP contribution in [0.1, 0.15) is 20.8 Å². The fourth-order valence-electron chi connectivity index (χ4n) is 2.29. The molecule has 0 fully saturated rings. The van der Waals surface area contributed by atoms with Gasteiger partial charge in [0.25, 0.3) is 0 Å². The van der Waals surface area contributed by atoms with Crippen molar-refractivity contribution in [3.63, 3.8) is 0 Å². The van der Waals surface area contributed by atoms with Gasteiger partial charge in [0.1, 0.15) is 0 Å². The fraction of sp³-hybridized carbons (Fsp3) is 0.375. The van der Waals surface area contributed by atoms with Crippen molar-refractivity contribution in [1.29, 1.82) is 0 Å². The van der Waals surface area contributed by atoms with Gasteiger partial charge in [0.2, 0.25) is 7.98 Å². The van der Waals surface area contributed by atoms with E-state index in [0.717, 1.165) is 17.3 Å². The van der Waals surface area contributed by atoms with Gasteiger partial charge >= 0.3 is 6.18 Å². The van der Waals surface area contributed by atoms with Gasteiger partial charge in [-0.1, -0.05) is 30.9 Å². The molecule has 0 N–H and O–H groups in total. The highest BCUT2D eigenvalue weighted by Gasteiger charge is 2.32. The largest absolute Gasteiger partial charge is 0.427 e. The average Bonchev–Trinajstić information content (AvgIpc) is 2.66. The van der Waals surface area contributed by atoms with Gasteiger partial charge in [0.05, 0.1) is 0 Å². The van der Waals surface area contributed by atoms with Gasteiger partial charge in [-0.2, -0.15) is 13.2 Å². The average molecular weight is 293 g/mol. The number of hydrogen-bond donors (Lipinski definition) is 0. The molecule has 0 aliphatic carbocycles. The van der Waals surface area contributed by atoms with Gasteiger partial charge in [-0.3, -0.25) is 0 Å². The first-order chi connectivity index (χ1) is 9.72. The molecule has 0 aromatic carbocycles. The Kier molecular flexibility index (Phi) is 5.70. The molecule has 1 unspecified atom stereocenters. The van der Waals surface area contributed by atoms with E-state index in [1.165, 1.54) is 0 Å². The SMILES string of the molecule is [B]N1CC(C(/C=C\C)=C/C(=C)C(F)(F)F)C(/C=C\C)=C1C. The highest BCUT2D eigenvalue weighted by Crippen LogP contribution is 2.35. The molecule has 0 aromatic heterocycles. The lowest BCUT2D eigenvalue weighted by Gasteiger charge is -2.17. The second-order valence-electron chi connectivity index (χ2n) is 4.91. The van der Waals surface area contributed by atoms with Gasteiger partial charge in [0, 0.05) is 23.7 Å². The van der Waals surface area contributed by atoms with Crippen molar-refractivity contribution >= 4 is 7.98 Å². The van der Waals surface area contributed by atoms with E-state index in [1.54, 1.807) is 23.9 Å². The molecular weight excluding hydrogens is 274 g/mol. The Morgan fingerprint density at radius 1 is 1.33 bits per heavy atom. The van der Waals surface area contributed by atoms with Crippen LogP contribution in [-0.2, 0) is 0 Å². The summed E-state index contributed by atoms with van der Waals surface area (Å²) < 4.78 is 38.1. The maximum absolute atomic E-state index is 12.7. The molecule has 0 saturated carbocycles. The van der Waals surface area contributed by atoms with E-state index in [9.17, 15) is 13.2 Å². The van der Waals surface area contributed by atoms with Crippen molar-refractivity contribution in [2.45, 2.75) is 26.9 Å². The van der Waals surface area contributed by atoms with Crippen molar-refractivity contribution in [1.82, 2.24) is 4.81 Å². The number of halogens is 3. The summed E-state index contributed by atoms with van der Waals surface area (Å²) >= 11 is 0. The lowest BCUT2D eigenvalue weighted by atomic mass is 9.90. The molecule has 1 nitrogen and oxygen atoms in total. The first-order valence-corrected chi connectivity index (χ1v) is 6.68. The molecule has 0 saturated heterocycles. The number of rotatable bonds is 4. The third-order valence-corrected chi connectivity index (χ3v) is 3.42. The van der Waals surface area contributed by atoms with Gasteiger partial charge in [0.15, 0.2) is 0 Å². The minimum atomic E-state index is -4.42. The summed E-state index contributed by atoms with van der Waals surface area (Å²) in [4.78, 5) is 1.56. The molecule has 0 spiro atoms. The summed E-state index contributed by atoms with van der Waals surface area (Å²) in [6.07, 6.45) is 3.82. The Hall–Kier alpha value is -1.65. The van der Waals surface area contributed by atoms with Crippen molar-refractivity contribution in [2.75, 3.05) is 6.54 Å². The minimum absolute atomic E-state index is 0.193. The summed E-state index contributed by atoms with van der Waals surface area (Å²) in [5.41, 5.74) is 1.49.